The first-order chi connectivity index (χ1) is 28.8. The van der Waals surface area contributed by atoms with Gasteiger partial charge in [0.25, 0.3) is 0 Å². The summed E-state index contributed by atoms with van der Waals surface area (Å²) in [6.45, 7) is 16.4. The second-order valence-corrected chi connectivity index (χ2v) is 19.0. The maximum Gasteiger partial charge on any atom is 0.306 e. The minimum atomic E-state index is 0.0181. The third-order valence-electron chi connectivity index (χ3n) is 12.8. The summed E-state index contributed by atoms with van der Waals surface area (Å²) in [4.78, 5) is 30.3. The minimum Gasteiger partial charge on any atom is -0.465 e. The summed E-state index contributed by atoms with van der Waals surface area (Å²) in [6.07, 6.45) is 43.7. The molecule has 0 aliphatic heterocycles. The van der Waals surface area contributed by atoms with Gasteiger partial charge in [0, 0.05) is 25.9 Å². The molecule has 0 aromatic carbocycles. The van der Waals surface area contributed by atoms with Gasteiger partial charge in [-0.1, -0.05) is 195 Å². The molecule has 0 saturated carbocycles. The van der Waals surface area contributed by atoms with Crippen LogP contribution in [0.3, 0.4) is 0 Å². The van der Waals surface area contributed by atoms with Gasteiger partial charge in [-0.2, -0.15) is 0 Å². The smallest absolute Gasteiger partial charge is 0.306 e. The Morgan fingerprint density at radius 1 is 0.424 bits per heavy atom. The molecule has 0 aliphatic carbocycles. The van der Waals surface area contributed by atoms with Gasteiger partial charge in [-0.15, -0.1) is 0 Å². The van der Waals surface area contributed by atoms with Crippen LogP contribution >= 0.6 is 0 Å². The molecule has 0 bridgehead atoms. The summed E-state index contributed by atoms with van der Waals surface area (Å²) >= 11 is 0. The molecule has 59 heavy (non-hydrogen) atoms. The first kappa shape index (κ1) is 57.9. The molecule has 0 spiro atoms. The van der Waals surface area contributed by atoms with Crippen molar-refractivity contribution in [2.24, 2.45) is 11.8 Å². The number of hydrogen-bond acceptors (Lipinski definition) is 6. The number of esters is 2. The standard InChI is InChI=1S/C53H106N2O4/c1-8-12-16-20-24-31-39-50(38-30-18-14-10-3)48-58-52(56)42-34-26-22-28-36-44-55(47-46-54(6)7)45-37-29-23-27-35-43-53(57)59-49(5)51(40-32-19-15-11-4)41-33-25-21-17-13-9-2/h49-51H,8-48H2,1-7H3. The zero-order valence-corrected chi connectivity index (χ0v) is 41.3. The minimum absolute atomic E-state index is 0.0181. The monoisotopic (exact) mass is 835 g/mol. The number of likely N-dealkylation sites (N-methyl/N-ethyl adjacent to an activating group) is 1. The molecular weight excluding hydrogens is 729 g/mol. The zero-order chi connectivity index (χ0) is 43.4. The molecule has 0 saturated heterocycles. The Morgan fingerprint density at radius 3 is 1.25 bits per heavy atom. The van der Waals surface area contributed by atoms with Crippen LogP contribution in [0.25, 0.3) is 0 Å². The summed E-state index contributed by atoms with van der Waals surface area (Å²) in [7, 11) is 4.34. The van der Waals surface area contributed by atoms with Crippen molar-refractivity contribution >= 4 is 11.9 Å². The maximum atomic E-state index is 12.8. The van der Waals surface area contributed by atoms with E-state index in [9.17, 15) is 9.59 Å². The van der Waals surface area contributed by atoms with Crippen molar-refractivity contribution in [2.75, 3.05) is 46.9 Å². The second-order valence-electron chi connectivity index (χ2n) is 19.0. The molecular formula is C53H106N2O4. The lowest BCUT2D eigenvalue weighted by molar-refractivity contribution is -0.151. The summed E-state index contributed by atoms with van der Waals surface area (Å²) in [5.74, 6) is 1.10. The zero-order valence-electron chi connectivity index (χ0n) is 41.3. The van der Waals surface area contributed by atoms with E-state index in [4.69, 9.17) is 9.47 Å². The van der Waals surface area contributed by atoms with Crippen molar-refractivity contribution in [2.45, 2.75) is 272 Å². The van der Waals surface area contributed by atoms with Crippen LogP contribution in [-0.2, 0) is 19.1 Å². The Balaban J connectivity index is 4.31. The van der Waals surface area contributed by atoms with Gasteiger partial charge >= 0.3 is 11.9 Å². The predicted octanol–water partition coefficient (Wildman–Crippen LogP) is 15.7. The summed E-state index contributed by atoms with van der Waals surface area (Å²) in [6, 6.07) is 0. The Labute approximate surface area is 370 Å². The van der Waals surface area contributed by atoms with E-state index in [1.165, 1.54) is 193 Å². The van der Waals surface area contributed by atoms with Gasteiger partial charge in [-0.3, -0.25) is 9.59 Å². The van der Waals surface area contributed by atoms with Crippen LogP contribution in [0, 0.1) is 11.8 Å². The van der Waals surface area contributed by atoms with E-state index in [0.717, 1.165) is 51.9 Å². The molecule has 352 valence electrons. The van der Waals surface area contributed by atoms with E-state index in [1.807, 2.05) is 0 Å². The van der Waals surface area contributed by atoms with E-state index in [0.29, 0.717) is 31.3 Å². The summed E-state index contributed by atoms with van der Waals surface area (Å²) in [5.41, 5.74) is 0. The van der Waals surface area contributed by atoms with E-state index in [1.54, 1.807) is 0 Å². The lowest BCUT2D eigenvalue weighted by atomic mass is 9.90. The fraction of sp³-hybridized carbons (Fsp3) is 0.962. The van der Waals surface area contributed by atoms with Crippen LogP contribution in [0.1, 0.15) is 266 Å². The second kappa shape index (κ2) is 44.9. The van der Waals surface area contributed by atoms with Gasteiger partial charge < -0.3 is 19.3 Å². The average Bonchev–Trinajstić information content (AvgIpc) is 3.22. The molecule has 0 N–H and O–H groups in total. The predicted molar refractivity (Wildman–Crippen MR) is 257 cm³/mol. The average molecular weight is 835 g/mol. The van der Waals surface area contributed by atoms with Crippen molar-refractivity contribution < 1.29 is 19.1 Å². The van der Waals surface area contributed by atoms with E-state index in [2.05, 4.69) is 58.5 Å². The van der Waals surface area contributed by atoms with Gasteiger partial charge in [0.2, 0.25) is 0 Å². The van der Waals surface area contributed by atoms with Crippen LogP contribution in [0.2, 0.25) is 0 Å². The highest BCUT2D eigenvalue weighted by atomic mass is 16.5. The van der Waals surface area contributed by atoms with Crippen molar-refractivity contribution in [3.8, 4) is 0 Å². The molecule has 6 nitrogen and oxygen atoms in total. The maximum absolute atomic E-state index is 12.8. The van der Waals surface area contributed by atoms with E-state index < -0.39 is 0 Å². The van der Waals surface area contributed by atoms with Crippen molar-refractivity contribution in [1.29, 1.82) is 0 Å². The number of carbonyl (C=O) groups excluding carboxylic acids is 2. The van der Waals surface area contributed by atoms with E-state index >= 15 is 0 Å². The number of nitrogens with zero attached hydrogens (tertiary/aromatic N) is 2. The molecule has 0 rings (SSSR count). The summed E-state index contributed by atoms with van der Waals surface area (Å²) < 4.78 is 11.9. The number of rotatable bonds is 47. The molecule has 0 amide bonds. The number of carbonyl (C=O) groups is 2. The quantitative estimate of drug-likeness (QED) is 0.0450. The first-order valence-electron chi connectivity index (χ1n) is 26.5. The number of unbranched alkanes of at least 4 members (excludes halogenated alkanes) is 24. The van der Waals surface area contributed by atoms with Crippen LogP contribution in [0.4, 0.5) is 0 Å². The van der Waals surface area contributed by atoms with Crippen molar-refractivity contribution in [3.63, 3.8) is 0 Å². The molecule has 0 aromatic rings. The summed E-state index contributed by atoms with van der Waals surface area (Å²) in [5, 5.41) is 0. The number of hydrogen-bond donors (Lipinski definition) is 0. The highest BCUT2D eigenvalue weighted by Gasteiger charge is 2.21. The normalized spacial score (nSPS) is 13.3. The Kier molecular flexibility index (Phi) is 44.0. The van der Waals surface area contributed by atoms with Crippen LogP contribution in [-0.4, -0.2) is 74.7 Å². The van der Waals surface area contributed by atoms with Crippen LogP contribution in [0.5, 0.6) is 0 Å². The molecule has 3 atom stereocenters. The molecule has 0 radical (unpaired) electrons. The molecule has 0 aliphatic rings. The highest BCUT2D eigenvalue weighted by Crippen LogP contribution is 2.25. The lowest BCUT2D eigenvalue weighted by Gasteiger charge is -2.24. The van der Waals surface area contributed by atoms with Gasteiger partial charge in [0.15, 0.2) is 0 Å². The van der Waals surface area contributed by atoms with Crippen LogP contribution < -0.4 is 0 Å². The molecule has 0 heterocycles. The molecule has 0 aromatic heterocycles. The largest absolute Gasteiger partial charge is 0.465 e. The lowest BCUT2D eigenvalue weighted by Crippen LogP contribution is -2.33. The fourth-order valence-electron chi connectivity index (χ4n) is 8.61. The van der Waals surface area contributed by atoms with Gasteiger partial charge in [0.05, 0.1) is 6.61 Å². The fourth-order valence-corrected chi connectivity index (χ4v) is 8.61. The SMILES string of the molecule is CCCCCCCCC(CCCCCC)COC(=O)CCCCCCCN(CCCCCCCC(=O)OC(C)C(CCCCCC)CCCCCCCC)CCN(C)C. The molecule has 6 heteroatoms. The molecule has 0 fully saturated rings. The van der Waals surface area contributed by atoms with Crippen molar-refractivity contribution in [3.05, 3.63) is 0 Å². The van der Waals surface area contributed by atoms with E-state index in [-0.39, 0.29) is 18.0 Å². The first-order valence-corrected chi connectivity index (χ1v) is 26.5. The Bertz CT molecular complexity index is 882. The van der Waals surface area contributed by atoms with Gasteiger partial charge in [-0.05, 0) is 97.3 Å². The third kappa shape index (κ3) is 40.7. The van der Waals surface area contributed by atoms with Crippen LogP contribution in [0.15, 0.2) is 0 Å². The van der Waals surface area contributed by atoms with Gasteiger partial charge in [-0.25, -0.2) is 0 Å². The number of ether oxygens (including phenoxy) is 2. The third-order valence-corrected chi connectivity index (χ3v) is 12.8. The Hall–Kier alpha value is -1.14. The Morgan fingerprint density at radius 2 is 0.797 bits per heavy atom. The highest BCUT2D eigenvalue weighted by molar-refractivity contribution is 5.69. The van der Waals surface area contributed by atoms with Gasteiger partial charge in [0.1, 0.15) is 6.10 Å². The molecule has 3 unspecified atom stereocenters. The topological polar surface area (TPSA) is 59.1 Å². The van der Waals surface area contributed by atoms with Crippen molar-refractivity contribution in [1.82, 2.24) is 9.80 Å².